The van der Waals surface area contributed by atoms with E-state index in [1.165, 1.54) is 23.5 Å². The van der Waals surface area contributed by atoms with Gasteiger partial charge >= 0.3 is 5.69 Å². The number of benzene rings is 1. The van der Waals surface area contributed by atoms with Gasteiger partial charge in [-0.1, -0.05) is 6.07 Å². The lowest BCUT2D eigenvalue weighted by Crippen LogP contribution is -2.03. The van der Waals surface area contributed by atoms with E-state index in [0.717, 1.165) is 15.4 Å². The number of nitrogens with one attached hydrogen (secondary N) is 1. The van der Waals surface area contributed by atoms with Crippen molar-refractivity contribution in [1.29, 1.82) is 0 Å². The third kappa shape index (κ3) is 2.85. The summed E-state index contributed by atoms with van der Waals surface area (Å²) in [6.07, 6.45) is 0. The van der Waals surface area contributed by atoms with Gasteiger partial charge < -0.3 is 5.32 Å². The molecule has 0 saturated heterocycles. The van der Waals surface area contributed by atoms with Crippen molar-refractivity contribution in [1.82, 2.24) is 0 Å². The molecule has 0 aliphatic carbocycles. The molecule has 1 heterocycles. The Morgan fingerprint density at radius 1 is 1.50 bits per heavy atom. The van der Waals surface area contributed by atoms with Gasteiger partial charge in [-0.2, -0.15) is 4.39 Å². The molecule has 1 aromatic carbocycles. The Labute approximate surface area is 115 Å². The van der Waals surface area contributed by atoms with Crippen LogP contribution in [0.4, 0.5) is 15.8 Å². The average Bonchev–Trinajstić information content (AvgIpc) is 2.72. The molecule has 1 aromatic heterocycles. The molecule has 0 unspecified atom stereocenters. The minimum absolute atomic E-state index is 0.185. The first kappa shape index (κ1) is 13.0. The highest BCUT2D eigenvalue weighted by Crippen LogP contribution is 2.28. The van der Waals surface area contributed by atoms with Crippen LogP contribution < -0.4 is 5.32 Å². The molecule has 0 aliphatic heterocycles. The maximum atomic E-state index is 13.3. The number of hydrogen-bond acceptors (Lipinski definition) is 4. The maximum absolute atomic E-state index is 13.3. The third-order valence-electron chi connectivity index (χ3n) is 2.24. The van der Waals surface area contributed by atoms with E-state index in [2.05, 4.69) is 21.2 Å². The smallest absolute Gasteiger partial charge is 0.327 e. The Hall–Kier alpha value is -1.47. The van der Waals surface area contributed by atoms with Crippen LogP contribution in [-0.4, -0.2) is 4.92 Å². The van der Waals surface area contributed by atoms with Crippen LogP contribution in [0, 0.1) is 15.9 Å². The summed E-state index contributed by atoms with van der Waals surface area (Å²) in [4.78, 5) is 11.1. The number of para-hydroxylation sites is 1. The zero-order valence-electron chi connectivity index (χ0n) is 9.02. The monoisotopic (exact) mass is 330 g/mol. The van der Waals surface area contributed by atoms with Crippen LogP contribution in [0.3, 0.4) is 0 Å². The molecule has 1 N–H and O–H groups in total. The van der Waals surface area contributed by atoms with Gasteiger partial charge in [-0.15, -0.1) is 11.3 Å². The summed E-state index contributed by atoms with van der Waals surface area (Å²) in [5.41, 5.74) is -0.336. The van der Waals surface area contributed by atoms with Gasteiger partial charge in [0.25, 0.3) is 0 Å². The molecular formula is C11H8BrFN2O2S. The number of nitro groups is 1. The third-order valence-corrected chi connectivity index (χ3v) is 3.94. The van der Waals surface area contributed by atoms with Gasteiger partial charge in [-0.05, 0) is 34.1 Å². The van der Waals surface area contributed by atoms with E-state index in [1.807, 2.05) is 11.4 Å². The molecule has 0 saturated carbocycles. The van der Waals surface area contributed by atoms with Gasteiger partial charge in [-0.3, -0.25) is 10.1 Å². The first-order valence-electron chi connectivity index (χ1n) is 4.97. The zero-order chi connectivity index (χ0) is 13.1. The second kappa shape index (κ2) is 5.45. The number of thiophene rings is 1. The summed E-state index contributed by atoms with van der Waals surface area (Å²) >= 11 is 4.84. The second-order valence-corrected chi connectivity index (χ2v) is 5.39. The fourth-order valence-electron chi connectivity index (χ4n) is 1.47. The van der Waals surface area contributed by atoms with Crippen molar-refractivity contribution in [3.8, 4) is 0 Å². The number of rotatable bonds is 4. The minimum atomic E-state index is -0.836. The number of halogens is 2. The van der Waals surface area contributed by atoms with E-state index in [9.17, 15) is 14.5 Å². The lowest BCUT2D eigenvalue weighted by molar-refractivity contribution is -0.386. The average molecular weight is 331 g/mol. The maximum Gasteiger partial charge on any atom is 0.327 e. The first-order chi connectivity index (χ1) is 8.58. The molecule has 0 bridgehead atoms. The van der Waals surface area contributed by atoms with Gasteiger partial charge in [0.2, 0.25) is 5.82 Å². The van der Waals surface area contributed by atoms with E-state index in [-0.39, 0.29) is 5.69 Å². The van der Waals surface area contributed by atoms with Crippen LogP contribution in [0.1, 0.15) is 4.88 Å². The molecule has 0 spiro atoms. The molecule has 4 nitrogen and oxygen atoms in total. The Kier molecular flexibility index (Phi) is 3.93. The zero-order valence-corrected chi connectivity index (χ0v) is 11.4. The molecule has 0 aliphatic rings. The van der Waals surface area contributed by atoms with Crippen molar-refractivity contribution in [3.63, 3.8) is 0 Å². The summed E-state index contributed by atoms with van der Waals surface area (Å²) in [6, 6.07) is 5.91. The predicted octanol–water partition coefficient (Wildman–Crippen LogP) is 4.17. The van der Waals surface area contributed by atoms with Crippen molar-refractivity contribution < 1.29 is 9.31 Å². The van der Waals surface area contributed by atoms with Crippen molar-refractivity contribution >= 4 is 38.6 Å². The second-order valence-electron chi connectivity index (χ2n) is 3.48. The lowest BCUT2D eigenvalue weighted by atomic mass is 10.2. The van der Waals surface area contributed by atoms with Gasteiger partial charge in [0, 0.05) is 21.3 Å². The Bertz CT molecular complexity index is 588. The fourth-order valence-corrected chi connectivity index (χ4v) is 2.86. The predicted molar refractivity (Wildman–Crippen MR) is 72.4 cm³/mol. The highest BCUT2D eigenvalue weighted by atomic mass is 79.9. The molecule has 0 atom stereocenters. The Morgan fingerprint density at radius 2 is 2.28 bits per heavy atom. The highest BCUT2D eigenvalue weighted by Gasteiger charge is 2.19. The van der Waals surface area contributed by atoms with Crippen LogP contribution in [0.15, 0.2) is 34.1 Å². The summed E-state index contributed by atoms with van der Waals surface area (Å²) in [5, 5.41) is 15.6. The summed E-state index contributed by atoms with van der Waals surface area (Å²) in [6.45, 7) is 0.417. The number of nitrogens with zero attached hydrogens (tertiary/aromatic N) is 1. The van der Waals surface area contributed by atoms with E-state index in [1.54, 1.807) is 0 Å². The van der Waals surface area contributed by atoms with Crippen molar-refractivity contribution in [2.45, 2.75) is 6.54 Å². The molecule has 2 rings (SSSR count). The number of anilines is 1. The van der Waals surface area contributed by atoms with Gasteiger partial charge in [0.15, 0.2) is 0 Å². The van der Waals surface area contributed by atoms with Gasteiger partial charge in [0.05, 0.1) is 4.92 Å². The fraction of sp³-hybridized carbons (Fsp3) is 0.0909. The minimum Gasteiger partial charge on any atom is -0.375 e. The topological polar surface area (TPSA) is 55.2 Å². The molecule has 0 fully saturated rings. The molecule has 94 valence electrons. The van der Waals surface area contributed by atoms with E-state index >= 15 is 0 Å². The summed E-state index contributed by atoms with van der Waals surface area (Å²) in [5.74, 6) is -0.836. The van der Waals surface area contributed by atoms with Crippen LogP contribution in [0.25, 0.3) is 0 Å². The molecule has 0 radical (unpaired) electrons. The van der Waals surface area contributed by atoms with Crippen molar-refractivity contribution in [2.75, 3.05) is 5.32 Å². The van der Waals surface area contributed by atoms with E-state index < -0.39 is 16.4 Å². The largest absolute Gasteiger partial charge is 0.375 e. The molecule has 2 aromatic rings. The van der Waals surface area contributed by atoms with Gasteiger partial charge in [0.1, 0.15) is 5.69 Å². The van der Waals surface area contributed by atoms with E-state index in [0.29, 0.717) is 6.54 Å². The van der Waals surface area contributed by atoms with E-state index in [4.69, 9.17) is 0 Å². The number of nitro benzene ring substituents is 1. The quantitative estimate of drug-likeness (QED) is 0.676. The molecule has 7 heteroatoms. The van der Waals surface area contributed by atoms with Crippen LogP contribution in [0.5, 0.6) is 0 Å². The van der Waals surface area contributed by atoms with Crippen molar-refractivity contribution in [2.24, 2.45) is 0 Å². The normalized spacial score (nSPS) is 10.3. The van der Waals surface area contributed by atoms with Crippen LogP contribution >= 0.6 is 27.3 Å². The molecule has 18 heavy (non-hydrogen) atoms. The SMILES string of the molecule is O=[N+]([O-])c1c(F)cccc1NCc1cc(Br)cs1. The Balaban J connectivity index is 2.19. The van der Waals surface area contributed by atoms with Crippen molar-refractivity contribution in [3.05, 3.63) is 54.9 Å². The summed E-state index contributed by atoms with van der Waals surface area (Å²) < 4.78 is 14.3. The summed E-state index contributed by atoms with van der Waals surface area (Å²) in [7, 11) is 0. The van der Waals surface area contributed by atoms with Crippen LogP contribution in [0.2, 0.25) is 0 Å². The molecule has 0 amide bonds. The lowest BCUT2D eigenvalue weighted by Gasteiger charge is -2.05. The molecular weight excluding hydrogens is 323 g/mol. The van der Waals surface area contributed by atoms with Gasteiger partial charge in [-0.25, -0.2) is 0 Å². The van der Waals surface area contributed by atoms with Crippen LogP contribution in [-0.2, 0) is 6.54 Å². The number of hydrogen-bond donors (Lipinski definition) is 1. The standard InChI is InChI=1S/C11H8BrFN2O2S/c12-7-4-8(18-6-7)5-14-10-3-1-2-9(13)11(10)15(16)17/h1-4,6,14H,5H2. The highest BCUT2D eigenvalue weighted by molar-refractivity contribution is 9.10. The Morgan fingerprint density at radius 3 is 2.89 bits per heavy atom. The first-order valence-corrected chi connectivity index (χ1v) is 6.65.